The molecule has 1 fully saturated rings. The van der Waals surface area contributed by atoms with E-state index in [4.69, 9.17) is 14.2 Å². The maximum absolute atomic E-state index is 12.8. The van der Waals surface area contributed by atoms with Gasteiger partial charge in [-0.05, 0) is 13.0 Å². The molecule has 140 valence electrons. The van der Waals surface area contributed by atoms with Crippen molar-refractivity contribution < 1.29 is 19.0 Å². The fraction of sp³-hybridized carbons (Fsp3) is 0.611. The lowest BCUT2D eigenvalue weighted by molar-refractivity contribution is -0.306. The summed E-state index contributed by atoms with van der Waals surface area (Å²) in [6.07, 6.45) is 0.485. The number of halogens is 1. The minimum atomic E-state index is -1.02. The lowest BCUT2D eigenvalue weighted by atomic mass is 9.93. The molecule has 2 aliphatic rings. The molecule has 0 aromatic carbocycles. The Balaban J connectivity index is 2.09. The molecule has 1 saturated heterocycles. The summed E-state index contributed by atoms with van der Waals surface area (Å²) in [7, 11) is 0. The maximum atomic E-state index is 12.8. The Morgan fingerprint density at radius 3 is 2.69 bits per heavy atom. The number of rotatable bonds is 3. The first-order valence-corrected chi connectivity index (χ1v) is 9.43. The third-order valence-electron chi connectivity index (χ3n) is 4.66. The molecule has 0 aliphatic carbocycles. The molecule has 0 saturated carbocycles. The summed E-state index contributed by atoms with van der Waals surface area (Å²) in [5, 5.41) is 9.46. The van der Waals surface area contributed by atoms with Gasteiger partial charge in [0.05, 0.1) is 25.5 Å². The molecule has 1 aromatic heterocycles. The molecular formula is C18H21BrN2O5. The van der Waals surface area contributed by atoms with Gasteiger partial charge in [-0.15, -0.1) is 0 Å². The first-order chi connectivity index (χ1) is 12.2. The van der Waals surface area contributed by atoms with E-state index in [2.05, 4.69) is 15.9 Å². The Morgan fingerprint density at radius 2 is 2.12 bits per heavy atom. The van der Waals surface area contributed by atoms with E-state index in [1.807, 2.05) is 19.9 Å². The second-order valence-corrected chi connectivity index (χ2v) is 8.20. The molecule has 0 radical (unpaired) electrons. The van der Waals surface area contributed by atoms with Crippen LogP contribution in [0, 0.1) is 16.7 Å². The zero-order chi connectivity index (χ0) is 19.1. The molecule has 3 rings (SSSR count). The van der Waals surface area contributed by atoms with Crippen LogP contribution in [0.5, 0.6) is 0 Å². The number of hydrogen-bond acceptors (Lipinski definition) is 6. The fourth-order valence-corrected chi connectivity index (χ4v) is 3.74. The smallest absolute Gasteiger partial charge is 0.324 e. The number of fused-ring (bicyclic) bond motifs is 2. The highest BCUT2D eigenvalue weighted by Crippen LogP contribution is 2.43. The van der Waals surface area contributed by atoms with E-state index in [1.165, 1.54) is 4.57 Å². The van der Waals surface area contributed by atoms with Gasteiger partial charge >= 0.3 is 5.97 Å². The number of nitriles is 1. The van der Waals surface area contributed by atoms with Crippen LogP contribution in [0.1, 0.15) is 48.8 Å². The Labute approximate surface area is 160 Å². The van der Waals surface area contributed by atoms with Gasteiger partial charge in [-0.1, -0.05) is 29.8 Å². The van der Waals surface area contributed by atoms with E-state index in [-0.39, 0.29) is 23.1 Å². The van der Waals surface area contributed by atoms with Crippen molar-refractivity contribution in [3.05, 3.63) is 33.2 Å². The molecular weight excluding hydrogens is 404 g/mol. The minimum Gasteiger partial charge on any atom is -0.465 e. The predicted octanol–water partition coefficient (Wildman–Crippen LogP) is 2.35. The SMILES string of the molecule is CCOC(=O)C(Br)c1cc2n(c(=O)c1C#N)CCC21OCC(C)(C)CO1. The van der Waals surface area contributed by atoms with E-state index in [1.54, 1.807) is 13.0 Å². The Morgan fingerprint density at radius 1 is 1.46 bits per heavy atom. The molecule has 26 heavy (non-hydrogen) atoms. The number of carbonyl (C=O) groups excluding carboxylic acids is 1. The predicted molar refractivity (Wildman–Crippen MR) is 95.7 cm³/mol. The number of hydrogen-bond donors (Lipinski definition) is 0. The van der Waals surface area contributed by atoms with Crippen LogP contribution in [-0.4, -0.2) is 30.4 Å². The van der Waals surface area contributed by atoms with Gasteiger partial charge in [0.25, 0.3) is 5.56 Å². The number of nitrogens with zero attached hydrogens (tertiary/aromatic N) is 2. The van der Waals surface area contributed by atoms with E-state index < -0.39 is 22.1 Å². The number of ether oxygens (including phenoxy) is 3. The molecule has 1 aromatic rings. The third kappa shape index (κ3) is 3.08. The molecule has 8 heteroatoms. The number of alkyl halides is 1. The van der Waals surface area contributed by atoms with Gasteiger partial charge in [0.1, 0.15) is 16.5 Å². The third-order valence-corrected chi connectivity index (χ3v) is 5.52. The van der Waals surface area contributed by atoms with Crippen LogP contribution in [-0.2, 0) is 31.3 Å². The zero-order valence-corrected chi connectivity index (χ0v) is 16.6. The van der Waals surface area contributed by atoms with E-state index in [0.717, 1.165) is 0 Å². The highest BCUT2D eigenvalue weighted by atomic mass is 79.9. The minimum absolute atomic E-state index is 0.0723. The number of carbonyl (C=O) groups is 1. The molecule has 0 amide bonds. The van der Waals surface area contributed by atoms with Crippen molar-refractivity contribution in [2.45, 2.75) is 44.4 Å². The van der Waals surface area contributed by atoms with Gasteiger partial charge in [-0.2, -0.15) is 5.26 Å². The van der Waals surface area contributed by atoms with Crippen LogP contribution in [0.4, 0.5) is 0 Å². The summed E-state index contributed by atoms with van der Waals surface area (Å²) in [6, 6.07) is 3.58. The van der Waals surface area contributed by atoms with E-state index >= 15 is 0 Å². The summed E-state index contributed by atoms with van der Waals surface area (Å²) in [6.45, 7) is 7.37. The Kier molecular flexibility index (Phi) is 4.99. The monoisotopic (exact) mass is 424 g/mol. The van der Waals surface area contributed by atoms with Crippen LogP contribution in [0.2, 0.25) is 0 Å². The van der Waals surface area contributed by atoms with Crippen LogP contribution in [0.3, 0.4) is 0 Å². The molecule has 0 bridgehead atoms. The standard InChI is InChI=1S/C18H21BrN2O5/c1-4-24-16(23)14(19)11-7-13-18(25-9-17(2,3)10-26-18)5-6-21(13)15(22)12(11)8-20/h7,14H,4-6,9-10H2,1-3H3. The second-order valence-electron chi connectivity index (χ2n) is 7.29. The molecule has 7 nitrogen and oxygen atoms in total. The van der Waals surface area contributed by atoms with Gasteiger partial charge in [0.15, 0.2) is 0 Å². The molecule has 0 N–H and O–H groups in total. The fourth-order valence-electron chi connectivity index (χ4n) is 3.24. The first kappa shape index (κ1) is 19.1. The molecule has 1 spiro atoms. The summed E-state index contributed by atoms with van der Waals surface area (Å²) < 4.78 is 18.6. The number of pyridine rings is 1. The van der Waals surface area contributed by atoms with Crippen molar-refractivity contribution in [2.75, 3.05) is 19.8 Å². The largest absolute Gasteiger partial charge is 0.465 e. The first-order valence-electron chi connectivity index (χ1n) is 8.51. The van der Waals surface area contributed by atoms with Crippen molar-refractivity contribution in [3.63, 3.8) is 0 Å². The van der Waals surface area contributed by atoms with Crippen LogP contribution < -0.4 is 5.56 Å². The Hall–Kier alpha value is -1.69. The van der Waals surface area contributed by atoms with Gasteiger partial charge in [-0.25, -0.2) is 0 Å². The number of esters is 1. The highest BCUT2D eigenvalue weighted by Gasteiger charge is 2.48. The van der Waals surface area contributed by atoms with Gasteiger partial charge < -0.3 is 18.8 Å². The maximum Gasteiger partial charge on any atom is 0.324 e. The van der Waals surface area contributed by atoms with Crippen molar-refractivity contribution >= 4 is 21.9 Å². The normalized spacial score (nSPS) is 21.0. The van der Waals surface area contributed by atoms with Gasteiger partial charge in [0.2, 0.25) is 5.79 Å². The molecule has 1 atom stereocenters. The van der Waals surface area contributed by atoms with Crippen molar-refractivity contribution in [3.8, 4) is 6.07 Å². The van der Waals surface area contributed by atoms with E-state index in [0.29, 0.717) is 31.9 Å². The number of aromatic nitrogens is 1. The lowest BCUT2D eigenvalue weighted by Crippen LogP contribution is -2.45. The van der Waals surface area contributed by atoms with Crippen LogP contribution in [0.25, 0.3) is 0 Å². The molecule has 1 unspecified atom stereocenters. The summed E-state index contributed by atoms with van der Waals surface area (Å²) >= 11 is 3.26. The average molecular weight is 425 g/mol. The zero-order valence-electron chi connectivity index (χ0n) is 15.0. The van der Waals surface area contributed by atoms with E-state index in [9.17, 15) is 14.9 Å². The highest BCUT2D eigenvalue weighted by molar-refractivity contribution is 9.09. The summed E-state index contributed by atoms with van der Waals surface area (Å²) in [4.78, 5) is 24.0. The average Bonchev–Trinajstić information content (AvgIpc) is 2.96. The summed E-state index contributed by atoms with van der Waals surface area (Å²) in [5.74, 6) is -1.56. The quantitative estimate of drug-likeness (QED) is 0.546. The van der Waals surface area contributed by atoms with Crippen molar-refractivity contribution in [1.29, 1.82) is 5.26 Å². The Bertz CT molecular complexity index is 829. The molecule has 3 heterocycles. The van der Waals surface area contributed by atoms with Crippen LogP contribution in [0.15, 0.2) is 10.9 Å². The summed E-state index contributed by atoms with van der Waals surface area (Å²) in [5.41, 5.74) is 0.192. The molecule has 2 aliphatic heterocycles. The van der Waals surface area contributed by atoms with Gasteiger partial charge in [-0.3, -0.25) is 9.59 Å². The van der Waals surface area contributed by atoms with Gasteiger partial charge in [0, 0.05) is 23.9 Å². The lowest BCUT2D eigenvalue weighted by Gasteiger charge is -2.41. The van der Waals surface area contributed by atoms with Crippen molar-refractivity contribution in [2.24, 2.45) is 5.41 Å². The topological polar surface area (TPSA) is 90.6 Å². The van der Waals surface area contributed by atoms with Crippen LogP contribution >= 0.6 is 15.9 Å². The second kappa shape index (κ2) is 6.80. The van der Waals surface area contributed by atoms with Crippen molar-refractivity contribution in [1.82, 2.24) is 4.57 Å².